The van der Waals surface area contributed by atoms with E-state index in [0.29, 0.717) is 6.04 Å². The van der Waals surface area contributed by atoms with Crippen molar-refractivity contribution >= 4 is 11.0 Å². The first-order valence-corrected chi connectivity index (χ1v) is 12.5. The van der Waals surface area contributed by atoms with Crippen LogP contribution in [0.3, 0.4) is 0 Å². The van der Waals surface area contributed by atoms with E-state index in [-0.39, 0.29) is 6.04 Å². The van der Waals surface area contributed by atoms with Crippen molar-refractivity contribution in [2.24, 2.45) is 0 Å². The molecular formula is C29H30N6. The summed E-state index contributed by atoms with van der Waals surface area (Å²) < 4.78 is 0. The molecule has 2 aliphatic heterocycles. The Labute approximate surface area is 205 Å². The van der Waals surface area contributed by atoms with E-state index in [4.69, 9.17) is 9.97 Å². The van der Waals surface area contributed by atoms with Gasteiger partial charge in [-0.3, -0.25) is 0 Å². The Kier molecular flexibility index (Phi) is 5.73. The highest BCUT2D eigenvalue weighted by Gasteiger charge is 2.23. The first-order valence-electron chi connectivity index (χ1n) is 12.5. The molecule has 0 radical (unpaired) electrons. The average molecular weight is 463 g/mol. The minimum atomic E-state index is 0.115. The molecule has 2 aliphatic rings. The molecular weight excluding hydrogens is 432 g/mol. The fraction of sp³-hybridized carbons (Fsp3) is 0.310. The minimum Gasteiger partial charge on any atom is -0.344 e. The van der Waals surface area contributed by atoms with Gasteiger partial charge in [0.05, 0.1) is 28.8 Å². The van der Waals surface area contributed by atoms with Crippen LogP contribution in [0, 0.1) is 11.8 Å². The van der Waals surface area contributed by atoms with E-state index in [0.717, 1.165) is 77.4 Å². The number of nitrogens with zero attached hydrogens (tertiary/aromatic N) is 2. The maximum Gasteiger partial charge on any atom is 0.128 e. The van der Waals surface area contributed by atoms with Gasteiger partial charge in [0, 0.05) is 22.4 Å². The lowest BCUT2D eigenvalue weighted by Gasteiger charge is -2.07. The van der Waals surface area contributed by atoms with Crippen LogP contribution in [0.25, 0.3) is 22.3 Å². The second kappa shape index (κ2) is 9.18. The smallest absolute Gasteiger partial charge is 0.128 e. The molecule has 2 fully saturated rings. The highest BCUT2D eigenvalue weighted by molar-refractivity contribution is 5.77. The molecule has 0 aliphatic carbocycles. The van der Waals surface area contributed by atoms with Gasteiger partial charge in [-0.05, 0) is 69.1 Å². The van der Waals surface area contributed by atoms with E-state index < -0.39 is 0 Å². The summed E-state index contributed by atoms with van der Waals surface area (Å²) >= 11 is 0. The summed E-state index contributed by atoms with van der Waals surface area (Å²) in [6.45, 7) is 8.35. The summed E-state index contributed by atoms with van der Waals surface area (Å²) in [6.07, 6.45) is 4.27. The van der Waals surface area contributed by atoms with Gasteiger partial charge in [0.2, 0.25) is 0 Å². The lowest BCUT2D eigenvalue weighted by Crippen LogP contribution is -2.14. The minimum absolute atomic E-state index is 0.115. The number of aromatic nitrogens is 4. The number of fused-ring (bicyclic) bond motifs is 1. The quantitative estimate of drug-likeness (QED) is 0.256. The summed E-state index contributed by atoms with van der Waals surface area (Å²) in [5.41, 5.74) is 8.45. The standard InChI is InChI=1S/C29H30N6/c1-3-22-27(35-28(32-22)24-5-4-15-30-24)21-11-8-19(9-12-21)6-7-20-10-13-23-25(17-20)34-29(33-23)26-18(2)14-16-31-26/h8-13,17,24,26,30-31H,2-5,14-16H2,1H3,(H,32,35)(H,33,34)/t24-,26-/m0/s1. The maximum absolute atomic E-state index is 4.95. The zero-order chi connectivity index (χ0) is 23.8. The third-order valence-electron chi connectivity index (χ3n) is 7.03. The third kappa shape index (κ3) is 4.29. The van der Waals surface area contributed by atoms with Crippen molar-refractivity contribution in [3.8, 4) is 23.1 Å². The first kappa shape index (κ1) is 21.8. The molecule has 0 bridgehead atoms. The van der Waals surface area contributed by atoms with Crippen LogP contribution in [0.1, 0.15) is 66.7 Å². The molecule has 6 heteroatoms. The number of aromatic amines is 2. The van der Waals surface area contributed by atoms with E-state index in [1.165, 1.54) is 17.7 Å². The molecule has 35 heavy (non-hydrogen) atoms. The van der Waals surface area contributed by atoms with Crippen molar-refractivity contribution in [1.29, 1.82) is 0 Å². The zero-order valence-corrected chi connectivity index (χ0v) is 20.0. The van der Waals surface area contributed by atoms with Gasteiger partial charge in [0.15, 0.2) is 0 Å². The van der Waals surface area contributed by atoms with Crippen LogP contribution in [0.5, 0.6) is 0 Å². The molecule has 0 saturated carbocycles. The summed E-state index contributed by atoms with van der Waals surface area (Å²) in [4.78, 5) is 16.7. The lowest BCUT2D eigenvalue weighted by atomic mass is 10.1. The largest absolute Gasteiger partial charge is 0.344 e. The molecule has 2 atom stereocenters. The molecule has 2 saturated heterocycles. The fourth-order valence-electron chi connectivity index (χ4n) is 5.06. The second-order valence-electron chi connectivity index (χ2n) is 9.43. The van der Waals surface area contributed by atoms with Crippen LogP contribution in [0.15, 0.2) is 54.6 Å². The molecule has 4 heterocycles. The van der Waals surface area contributed by atoms with Crippen LogP contribution in [-0.2, 0) is 6.42 Å². The number of nitrogens with one attached hydrogen (secondary N) is 4. The Morgan fingerprint density at radius 2 is 1.77 bits per heavy atom. The molecule has 0 unspecified atom stereocenters. The highest BCUT2D eigenvalue weighted by atomic mass is 15.1. The average Bonchev–Trinajstić information content (AvgIpc) is 3.68. The third-order valence-corrected chi connectivity index (χ3v) is 7.03. The van der Waals surface area contributed by atoms with Gasteiger partial charge in [-0.2, -0.15) is 0 Å². The predicted molar refractivity (Wildman–Crippen MR) is 140 cm³/mol. The number of imidazole rings is 2. The van der Waals surface area contributed by atoms with Gasteiger partial charge in [0.1, 0.15) is 11.6 Å². The summed E-state index contributed by atoms with van der Waals surface area (Å²) in [7, 11) is 0. The van der Waals surface area contributed by atoms with E-state index in [9.17, 15) is 0 Å². The van der Waals surface area contributed by atoms with Crippen molar-refractivity contribution in [3.63, 3.8) is 0 Å². The van der Waals surface area contributed by atoms with Gasteiger partial charge in [-0.25, -0.2) is 9.97 Å². The lowest BCUT2D eigenvalue weighted by molar-refractivity contribution is 0.611. The Morgan fingerprint density at radius 3 is 2.51 bits per heavy atom. The van der Waals surface area contributed by atoms with E-state index in [2.05, 4.69) is 76.3 Å². The number of rotatable bonds is 4. The van der Waals surface area contributed by atoms with Gasteiger partial charge in [-0.1, -0.05) is 43.0 Å². The molecule has 2 aromatic heterocycles. The van der Waals surface area contributed by atoms with E-state index >= 15 is 0 Å². The number of aryl methyl sites for hydroxylation is 1. The maximum atomic E-state index is 4.95. The topological polar surface area (TPSA) is 81.4 Å². The first-order chi connectivity index (χ1) is 17.2. The monoisotopic (exact) mass is 462 g/mol. The normalized spacial score (nSPS) is 19.9. The SMILES string of the molecule is C=C1CCN[C@@H]1c1nc2ccc(C#Cc3ccc(-c4nc([C@@H]5CCCN5)[nH]c4CC)cc3)cc2[nH]1. The molecule has 176 valence electrons. The van der Waals surface area contributed by atoms with Crippen LogP contribution in [0.4, 0.5) is 0 Å². The Bertz CT molecular complexity index is 1440. The molecule has 6 nitrogen and oxygen atoms in total. The number of H-pyrrole nitrogens is 2. The Morgan fingerprint density at radius 1 is 0.943 bits per heavy atom. The van der Waals surface area contributed by atoms with Crippen LogP contribution in [0.2, 0.25) is 0 Å². The Balaban J connectivity index is 1.21. The second-order valence-corrected chi connectivity index (χ2v) is 9.43. The Hall–Kier alpha value is -3.66. The van der Waals surface area contributed by atoms with E-state index in [1.54, 1.807) is 0 Å². The highest BCUT2D eigenvalue weighted by Crippen LogP contribution is 2.29. The number of benzene rings is 2. The molecule has 2 aromatic carbocycles. The van der Waals surface area contributed by atoms with Crippen molar-refractivity contribution in [2.75, 3.05) is 13.1 Å². The van der Waals surface area contributed by atoms with Crippen molar-refractivity contribution in [2.45, 2.75) is 44.7 Å². The molecule has 4 N–H and O–H groups in total. The number of hydrogen-bond acceptors (Lipinski definition) is 4. The molecule has 6 rings (SSSR count). The van der Waals surface area contributed by atoms with Crippen LogP contribution in [-0.4, -0.2) is 33.0 Å². The summed E-state index contributed by atoms with van der Waals surface area (Å²) in [5, 5.41) is 6.99. The molecule has 0 amide bonds. The fourth-order valence-corrected chi connectivity index (χ4v) is 5.06. The van der Waals surface area contributed by atoms with Gasteiger partial charge < -0.3 is 20.6 Å². The van der Waals surface area contributed by atoms with Crippen molar-refractivity contribution in [1.82, 2.24) is 30.6 Å². The van der Waals surface area contributed by atoms with Crippen LogP contribution >= 0.6 is 0 Å². The van der Waals surface area contributed by atoms with E-state index in [1.807, 2.05) is 12.1 Å². The van der Waals surface area contributed by atoms with Crippen molar-refractivity contribution in [3.05, 3.63) is 83.1 Å². The number of hydrogen-bond donors (Lipinski definition) is 4. The van der Waals surface area contributed by atoms with Gasteiger partial charge >= 0.3 is 0 Å². The summed E-state index contributed by atoms with van der Waals surface area (Å²) in [5.74, 6) is 8.59. The van der Waals surface area contributed by atoms with Crippen LogP contribution < -0.4 is 10.6 Å². The van der Waals surface area contributed by atoms with Gasteiger partial charge in [-0.15, -0.1) is 0 Å². The van der Waals surface area contributed by atoms with Crippen molar-refractivity contribution < 1.29 is 0 Å². The molecule has 0 spiro atoms. The summed E-state index contributed by atoms with van der Waals surface area (Å²) in [6, 6.07) is 15.0. The zero-order valence-electron chi connectivity index (χ0n) is 20.0. The van der Waals surface area contributed by atoms with Gasteiger partial charge in [0.25, 0.3) is 0 Å². The molecule has 4 aromatic rings. The predicted octanol–water partition coefficient (Wildman–Crippen LogP) is 4.93.